The van der Waals surface area contributed by atoms with E-state index in [0.29, 0.717) is 25.4 Å². The van der Waals surface area contributed by atoms with Gasteiger partial charge in [-0.25, -0.2) is 8.78 Å². The summed E-state index contributed by atoms with van der Waals surface area (Å²) >= 11 is 0. The number of benzene rings is 3. The Bertz CT molecular complexity index is 1240. The van der Waals surface area contributed by atoms with Crippen molar-refractivity contribution in [1.29, 1.82) is 0 Å². The Kier molecular flexibility index (Phi) is 8.48. The SMILES string of the molecule is CCN(Cc1ccc(OCCN2CCCCC2)c(F)c1)c1ccc(F)cc1C1CCc2cc(O)ccc2C1. The van der Waals surface area contributed by atoms with Crippen LogP contribution in [0.3, 0.4) is 0 Å². The molecule has 0 amide bonds. The van der Waals surface area contributed by atoms with Crippen molar-refractivity contribution in [3.8, 4) is 11.5 Å². The number of halogens is 2. The molecule has 4 nitrogen and oxygen atoms in total. The highest BCUT2D eigenvalue weighted by molar-refractivity contribution is 5.57. The number of anilines is 1. The van der Waals surface area contributed by atoms with Gasteiger partial charge in [-0.2, -0.15) is 0 Å². The first-order valence-electron chi connectivity index (χ1n) is 14.0. The first-order chi connectivity index (χ1) is 18.5. The molecule has 38 heavy (non-hydrogen) atoms. The number of likely N-dealkylation sites (tertiary alicyclic amines) is 1. The van der Waals surface area contributed by atoms with Gasteiger partial charge in [0.1, 0.15) is 18.2 Å². The summed E-state index contributed by atoms with van der Waals surface area (Å²) in [7, 11) is 0. The standard InChI is InChI=1S/C32H38F2N2O2/c1-2-36(22-23-6-13-32(30(34)18-23)38-17-16-35-14-4-3-5-15-35)31-12-10-27(33)21-29(31)26-8-7-25-20-28(37)11-9-24(25)19-26/h6,9-13,18,20-21,26,37H,2-5,7-8,14-17,19,22H2,1H3. The molecule has 0 aromatic heterocycles. The fraction of sp³-hybridized carbons (Fsp3) is 0.438. The van der Waals surface area contributed by atoms with Crippen LogP contribution in [0.25, 0.3) is 0 Å². The molecule has 6 heteroatoms. The van der Waals surface area contributed by atoms with E-state index < -0.39 is 0 Å². The minimum atomic E-state index is -0.344. The van der Waals surface area contributed by atoms with Gasteiger partial charge in [0.25, 0.3) is 0 Å². The summed E-state index contributed by atoms with van der Waals surface area (Å²) in [6, 6.07) is 15.8. The third-order valence-corrected chi connectivity index (χ3v) is 8.05. The number of phenols is 1. The van der Waals surface area contributed by atoms with Crippen molar-refractivity contribution in [3.63, 3.8) is 0 Å². The predicted molar refractivity (Wildman–Crippen MR) is 148 cm³/mol. The van der Waals surface area contributed by atoms with E-state index in [2.05, 4.69) is 16.7 Å². The van der Waals surface area contributed by atoms with Crippen LogP contribution in [0.1, 0.15) is 60.8 Å². The average Bonchev–Trinajstić information content (AvgIpc) is 2.93. The van der Waals surface area contributed by atoms with Gasteiger partial charge in [0.15, 0.2) is 11.6 Å². The number of phenolic OH excluding ortho intramolecular Hbond substituents is 1. The number of aryl methyl sites for hydroxylation is 1. The summed E-state index contributed by atoms with van der Waals surface area (Å²) in [5, 5.41) is 9.84. The summed E-state index contributed by atoms with van der Waals surface area (Å²) < 4.78 is 35.2. The maximum Gasteiger partial charge on any atom is 0.165 e. The molecule has 0 radical (unpaired) electrons. The highest BCUT2D eigenvalue weighted by atomic mass is 19.1. The van der Waals surface area contributed by atoms with E-state index in [1.165, 1.54) is 36.5 Å². The van der Waals surface area contributed by atoms with Gasteiger partial charge in [0.2, 0.25) is 0 Å². The largest absolute Gasteiger partial charge is 0.508 e. The molecule has 1 saturated heterocycles. The molecule has 202 valence electrons. The van der Waals surface area contributed by atoms with Crippen LogP contribution in [0, 0.1) is 11.6 Å². The van der Waals surface area contributed by atoms with E-state index in [9.17, 15) is 13.9 Å². The zero-order valence-electron chi connectivity index (χ0n) is 22.3. The van der Waals surface area contributed by atoms with Crippen LogP contribution in [0.2, 0.25) is 0 Å². The molecule has 2 aliphatic rings. The Balaban J connectivity index is 1.28. The highest BCUT2D eigenvalue weighted by Crippen LogP contribution is 2.39. The van der Waals surface area contributed by atoms with Gasteiger partial charge in [0, 0.05) is 25.3 Å². The number of fused-ring (bicyclic) bond motifs is 1. The zero-order valence-corrected chi connectivity index (χ0v) is 22.3. The molecule has 1 N–H and O–H groups in total. The van der Waals surface area contributed by atoms with Crippen LogP contribution in [0.4, 0.5) is 14.5 Å². The lowest BCUT2D eigenvalue weighted by atomic mass is 9.79. The minimum absolute atomic E-state index is 0.180. The average molecular weight is 521 g/mol. The van der Waals surface area contributed by atoms with Crippen molar-refractivity contribution in [2.75, 3.05) is 37.7 Å². The first-order valence-corrected chi connectivity index (χ1v) is 14.0. The van der Waals surface area contributed by atoms with Crippen molar-refractivity contribution >= 4 is 5.69 Å². The normalized spacial score (nSPS) is 17.7. The summed E-state index contributed by atoms with van der Waals surface area (Å²) in [6.07, 6.45) is 6.30. The number of piperidine rings is 1. The molecule has 0 saturated carbocycles. The number of rotatable bonds is 9. The molecule has 1 heterocycles. The Morgan fingerprint density at radius 3 is 2.61 bits per heavy atom. The molecular weight excluding hydrogens is 482 g/mol. The van der Waals surface area contributed by atoms with E-state index >= 15 is 0 Å². The third kappa shape index (κ3) is 6.29. The lowest BCUT2D eigenvalue weighted by molar-refractivity contribution is 0.180. The monoisotopic (exact) mass is 520 g/mol. The van der Waals surface area contributed by atoms with Gasteiger partial charge in [-0.15, -0.1) is 0 Å². The van der Waals surface area contributed by atoms with E-state index in [1.54, 1.807) is 24.3 Å². The molecular formula is C32H38F2N2O2. The van der Waals surface area contributed by atoms with Gasteiger partial charge in [-0.3, -0.25) is 4.90 Å². The molecule has 1 unspecified atom stereocenters. The number of ether oxygens (including phenoxy) is 1. The summed E-state index contributed by atoms with van der Waals surface area (Å²) in [6.45, 7) is 6.81. The van der Waals surface area contributed by atoms with E-state index in [4.69, 9.17) is 4.74 Å². The van der Waals surface area contributed by atoms with E-state index in [1.807, 2.05) is 24.3 Å². The molecule has 1 aliphatic carbocycles. The second-order valence-corrected chi connectivity index (χ2v) is 10.6. The van der Waals surface area contributed by atoms with Crippen molar-refractivity contribution in [2.24, 2.45) is 0 Å². The van der Waals surface area contributed by atoms with Crippen LogP contribution in [-0.4, -0.2) is 42.8 Å². The minimum Gasteiger partial charge on any atom is -0.508 e. The lowest BCUT2D eigenvalue weighted by Crippen LogP contribution is -2.33. The van der Waals surface area contributed by atoms with E-state index in [-0.39, 0.29) is 23.3 Å². The quantitative estimate of drug-likeness (QED) is 0.335. The van der Waals surface area contributed by atoms with Gasteiger partial charge in [0.05, 0.1) is 0 Å². The molecule has 1 aliphatic heterocycles. The smallest absolute Gasteiger partial charge is 0.165 e. The molecule has 0 spiro atoms. The van der Waals surface area contributed by atoms with Gasteiger partial charge >= 0.3 is 0 Å². The second kappa shape index (κ2) is 12.2. The Hall–Kier alpha value is -3.12. The number of aromatic hydroxyl groups is 1. The summed E-state index contributed by atoms with van der Waals surface area (Å²) in [5.74, 6) is 0.177. The van der Waals surface area contributed by atoms with Crippen molar-refractivity contribution in [2.45, 2.75) is 57.9 Å². The van der Waals surface area contributed by atoms with Crippen LogP contribution in [0.5, 0.6) is 11.5 Å². The summed E-state index contributed by atoms with van der Waals surface area (Å²) in [4.78, 5) is 4.57. The van der Waals surface area contributed by atoms with Crippen molar-refractivity contribution in [3.05, 3.63) is 88.5 Å². The topological polar surface area (TPSA) is 35.9 Å². The Morgan fingerprint density at radius 1 is 0.974 bits per heavy atom. The molecule has 5 rings (SSSR count). The molecule has 1 atom stereocenters. The van der Waals surface area contributed by atoms with Crippen molar-refractivity contribution < 1.29 is 18.6 Å². The van der Waals surface area contributed by atoms with E-state index in [0.717, 1.165) is 55.7 Å². The Labute approximate surface area is 224 Å². The summed E-state index contributed by atoms with van der Waals surface area (Å²) in [5.41, 5.74) is 5.20. The second-order valence-electron chi connectivity index (χ2n) is 10.6. The molecule has 0 bridgehead atoms. The fourth-order valence-electron chi connectivity index (χ4n) is 5.96. The van der Waals surface area contributed by atoms with Gasteiger partial charge < -0.3 is 14.7 Å². The maximum absolute atomic E-state index is 14.9. The highest BCUT2D eigenvalue weighted by Gasteiger charge is 2.25. The Morgan fingerprint density at radius 2 is 1.82 bits per heavy atom. The number of hydrogen-bond donors (Lipinski definition) is 1. The fourth-order valence-corrected chi connectivity index (χ4v) is 5.96. The van der Waals surface area contributed by atoms with Crippen LogP contribution in [-0.2, 0) is 19.4 Å². The lowest BCUT2D eigenvalue weighted by Gasteiger charge is -2.31. The maximum atomic E-state index is 14.9. The van der Waals surface area contributed by atoms with Crippen LogP contribution < -0.4 is 9.64 Å². The van der Waals surface area contributed by atoms with Crippen LogP contribution in [0.15, 0.2) is 54.6 Å². The first kappa shape index (κ1) is 26.5. The van der Waals surface area contributed by atoms with Crippen LogP contribution >= 0.6 is 0 Å². The zero-order chi connectivity index (χ0) is 26.5. The number of hydrogen-bond acceptors (Lipinski definition) is 4. The van der Waals surface area contributed by atoms with Crippen molar-refractivity contribution in [1.82, 2.24) is 4.90 Å². The predicted octanol–water partition coefficient (Wildman–Crippen LogP) is 6.83. The third-order valence-electron chi connectivity index (χ3n) is 8.05. The molecule has 3 aromatic rings. The molecule has 3 aromatic carbocycles. The number of nitrogens with zero attached hydrogens (tertiary/aromatic N) is 2. The van der Waals surface area contributed by atoms with Gasteiger partial charge in [-0.05, 0) is 123 Å². The van der Waals surface area contributed by atoms with Gasteiger partial charge in [-0.1, -0.05) is 18.6 Å². The molecule has 1 fully saturated rings.